The van der Waals surface area contributed by atoms with Gasteiger partial charge in [0.15, 0.2) is 0 Å². The van der Waals surface area contributed by atoms with E-state index in [0.717, 1.165) is 5.56 Å². The number of hydrogen-bond acceptors (Lipinski definition) is 4. The third kappa shape index (κ3) is 4.67. The summed E-state index contributed by atoms with van der Waals surface area (Å²) in [5, 5.41) is 7.70. The second-order valence-electron chi connectivity index (χ2n) is 5.78. The molecule has 130 valence electrons. The van der Waals surface area contributed by atoms with Crippen molar-refractivity contribution in [1.82, 2.24) is 19.7 Å². The van der Waals surface area contributed by atoms with E-state index in [1.807, 2.05) is 6.92 Å². The lowest BCUT2D eigenvalue weighted by atomic mass is 10.1. The molecule has 2 aromatic heterocycles. The summed E-state index contributed by atoms with van der Waals surface area (Å²) in [6.45, 7) is 2.85. The third-order valence-electron chi connectivity index (χ3n) is 3.68. The van der Waals surface area contributed by atoms with Gasteiger partial charge >= 0.3 is 0 Å². The number of benzene rings is 1. The van der Waals surface area contributed by atoms with Gasteiger partial charge in [-0.25, -0.2) is 9.37 Å². The van der Waals surface area contributed by atoms with E-state index >= 15 is 0 Å². The molecule has 0 radical (unpaired) electrons. The van der Waals surface area contributed by atoms with Crippen molar-refractivity contribution < 1.29 is 4.39 Å². The number of nitrogens with zero attached hydrogens (tertiary/aromatic N) is 3. The van der Waals surface area contributed by atoms with Crippen LogP contribution in [0.4, 0.5) is 10.3 Å². The Kier molecular flexibility index (Phi) is 5.14. The molecule has 6 nitrogen and oxygen atoms in total. The zero-order chi connectivity index (χ0) is 17.8. The first-order valence-corrected chi connectivity index (χ1v) is 8.15. The Bertz CT molecular complexity index is 923. The van der Waals surface area contributed by atoms with Crippen LogP contribution in [0.1, 0.15) is 24.1 Å². The number of aromatic amines is 1. The van der Waals surface area contributed by atoms with Gasteiger partial charge in [0.2, 0.25) is 5.95 Å². The van der Waals surface area contributed by atoms with Crippen molar-refractivity contribution in [2.24, 2.45) is 0 Å². The molecule has 0 aliphatic heterocycles. The standard InChI is InChI=1S/C17H17ClFN5O/c1-11(9-24-10-13(18)8-21-24)15-6-16(25)23-17(22-15)20-7-12-3-2-4-14(19)5-12/h2-6,8,10-11H,7,9H2,1H3,(H2,20,22,23,25). The Balaban J connectivity index is 1.72. The van der Waals surface area contributed by atoms with Gasteiger partial charge in [0, 0.05) is 31.3 Å². The Hall–Kier alpha value is -2.67. The van der Waals surface area contributed by atoms with Crippen LogP contribution < -0.4 is 10.9 Å². The van der Waals surface area contributed by atoms with Gasteiger partial charge in [0.1, 0.15) is 5.82 Å². The summed E-state index contributed by atoms with van der Waals surface area (Å²) in [7, 11) is 0. The van der Waals surface area contributed by atoms with Crippen LogP contribution in [0.3, 0.4) is 0 Å². The van der Waals surface area contributed by atoms with Crippen LogP contribution in [-0.2, 0) is 13.1 Å². The summed E-state index contributed by atoms with van der Waals surface area (Å²) in [6.07, 6.45) is 3.28. The number of H-pyrrole nitrogens is 1. The fourth-order valence-corrected chi connectivity index (χ4v) is 2.61. The molecule has 0 fully saturated rings. The number of aromatic nitrogens is 4. The van der Waals surface area contributed by atoms with Crippen molar-refractivity contribution in [2.75, 3.05) is 5.32 Å². The quantitative estimate of drug-likeness (QED) is 0.707. The predicted molar refractivity (Wildman–Crippen MR) is 94.2 cm³/mol. The lowest BCUT2D eigenvalue weighted by molar-refractivity contribution is 0.533. The second kappa shape index (κ2) is 7.48. The Morgan fingerprint density at radius 2 is 2.24 bits per heavy atom. The van der Waals surface area contributed by atoms with Crippen LogP contribution in [-0.4, -0.2) is 19.7 Å². The molecule has 0 aliphatic carbocycles. The molecule has 1 atom stereocenters. The zero-order valence-electron chi connectivity index (χ0n) is 13.5. The molecule has 8 heteroatoms. The largest absolute Gasteiger partial charge is 0.352 e. The zero-order valence-corrected chi connectivity index (χ0v) is 14.3. The minimum absolute atomic E-state index is 0.0343. The number of halogens is 2. The normalized spacial score (nSPS) is 12.1. The van der Waals surface area contributed by atoms with Gasteiger partial charge in [-0.15, -0.1) is 0 Å². The molecule has 3 rings (SSSR count). The summed E-state index contributed by atoms with van der Waals surface area (Å²) < 4.78 is 14.9. The Morgan fingerprint density at radius 1 is 1.40 bits per heavy atom. The highest BCUT2D eigenvalue weighted by Crippen LogP contribution is 2.16. The van der Waals surface area contributed by atoms with Crippen LogP contribution in [0.5, 0.6) is 0 Å². The van der Waals surface area contributed by atoms with Crippen molar-refractivity contribution in [2.45, 2.75) is 25.9 Å². The molecule has 25 heavy (non-hydrogen) atoms. The average molecular weight is 362 g/mol. The first-order chi connectivity index (χ1) is 12.0. The van der Waals surface area contributed by atoms with Crippen LogP contribution in [0, 0.1) is 5.82 Å². The van der Waals surface area contributed by atoms with E-state index in [-0.39, 0.29) is 17.3 Å². The number of nitrogens with one attached hydrogen (secondary N) is 2. The molecular weight excluding hydrogens is 345 g/mol. The molecule has 0 spiro atoms. The summed E-state index contributed by atoms with van der Waals surface area (Å²) in [5.41, 5.74) is 1.14. The van der Waals surface area contributed by atoms with Crippen molar-refractivity contribution in [3.63, 3.8) is 0 Å². The molecule has 0 bridgehead atoms. The van der Waals surface area contributed by atoms with Crippen molar-refractivity contribution in [1.29, 1.82) is 0 Å². The summed E-state index contributed by atoms with van der Waals surface area (Å²) >= 11 is 5.86. The van der Waals surface area contributed by atoms with Gasteiger partial charge in [-0.2, -0.15) is 5.10 Å². The fraction of sp³-hybridized carbons (Fsp3) is 0.235. The minimum atomic E-state index is -0.305. The molecule has 2 heterocycles. The molecule has 3 aromatic rings. The number of rotatable bonds is 6. The highest BCUT2D eigenvalue weighted by atomic mass is 35.5. The molecule has 1 aromatic carbocycles. The minimum Gasteiger partial charge on any atom is -0.352 e. The van der Waals surface area contributed by atoms with Gasteiger partial charge in [-0.05, 0) is 17.7 Å². The average Bonchev–Trinajstić information content (AvgIpc) is 2.97. The van der Waals surface area contributed by atoms with Crippen molar-refractivity contribution >= 4 is 17.5 Å². The number of anilines is 1. The first-order valence-electron chi connectivity index (χ1n) is 7.77. The first kappa shape index (κ1) is 17.2. The lowest BCUT2D eigenvalue weighted by Crippen LogP contribution is -2.17. The maximum atomic E-state index is 13.2. The van der Waals surface area contributed by atoms with E-state index in [2.05, 4.69) is 20.4 Å². The molecule has 0 aliphatic rings. The van der Waals surface area contributed by atoms with E-state index in [9.17, 15) is 9.18 Å². The molecular formula is C17H17ClFN5O. The van der Waals surface area contributed by atoms with Gasteiger partial charge in [0.05, 0.1) is 16.9 Å². The van der Waals surface area contributed by atoms with Crippen LogP contribution >= 0.6 is 11.6 Å². The fourth-order valence-electron chi connectivity index (χ4n) is 2.46. The van der Waals surface area contributed by atoms with Gasteiger partial charge in [-0.1, -0.05) is 30.7 Å². The lowest BCUT2D eigenvalue weighted by Gasteiger charge is -2.13. The maximum absolute atomic E-state index is 13.2. The highest BCUT2D eigenvalue weighted by molar-refractivity contribution is 6.30. The molecule has 2 N–H and O–H groups in total. The number of hydrogen-bond donors (Lipinski definition) is 2. The Morgan fingerprint density at radius 3 is 2.96 bits per heavy atom. The van der Waals surface area contributed by atoms with Gasteiger partial charge < -0.3 is 5.32 Å². The van der Waals surface area contributed by atoms with Crippen LogP contribution in [0.15, 0.2) is 47.5 Å². The van der Waals surface area contributed by atoms with E-state index in [1.54, 1.807) is 29.2 Å². The van der Waals surface area contributed by atoms with E-state index in [0.29, 0.717) is 29.8 Å². The molecule has 0 saturated carbocycles. The second-order valence-corrected chi connectivity index (χ2v) is 6.22. The third-order valence-corrected chi connectivity index (χ3v) is 3.87. The predicted octanol–water partition coefficient (Wildman–Crippen LogP) is 3.17. The summed E-state index contributed by atoms with van der Waals surface area (Å²) in [6, 6.07) is 7.70. The van der Waals surface area contributed by atoms with E-state index in [1.165, 1.54) is 18.2 Å². The highest BCUT2D eigenvalue weighted by Gasteiger charge is 2.11. The van der Waals surface area contributed by atoms with E-state index in [4.69, 9.17) is 11.6 Å². The Labute approximate surface area is 148 Å². The maximum Gasteiger partial charge on any atom is 0.252 e. The monoisotopic (exact) mass is 361 g/mol. The smallest absolute Gasteiger partial charge is 0.252 e. The molecule has 1 unspecified atom stereocenters. The molecule has 0 amide bonds. The van der Waals surface area contributed by atoms with Crippen molar-refractivity contribution in [3.8, 4) is 0 Å². The van der Waals surface area contributed by atoms with Gasteiger partial charge in [-0.3, -0.25) is 14.5 Å². The summed E-state index contributed by atoms with van der Waals surface area (Å²) in [4.78, 5) is 19.0. The van der Waals surface area contributed by atoms with E-state index < -0.39 is 0 Å². The SMILES string of the molecule is CC(Cn1cc(Cl)cn1)c1cc(=O)[nH]c(NCc2cccc(F)c2)n1. The topological polar surface area (TPSA) is 75.6 Å². The van der Waals surface area contributed by atoms with Crippen molar-refractivity contribution in [3.05, 3.63) is 75.2 Å². The summed E-state index contributed by atoms with van der Waals surface area (Å²) in [5.74, 6) is 0.00565. The van der Waals surface area contributed by atoms with Crippen LogP contribution in [0.25, 0.3) is 0 Å². The van der Waals surface area contributed by atoms with Crippen LogP contribution in [0.2, 0.25) is 5.02 Å². The van der Waals surface area contributed by atoms with Gasteiger partial charge in [0.25, 0.3) is 5.56 Å². The molecule has 0 saturated heterocycles.